The van der Waals surface area contributed by atoms with Gasteiger partial charge in [0.05, 0.1) is 6.61 Å². The van der Waals surface area contributed by atoms with Gasteiger partial charge >= 0.3 is 0 Å². The van der Waals surface area contributed by atoms with E-state index in [1.165, 1.54) is 6.07 Å². The van der Waals surface area contributed by atoms with E-state index in [1.54, 1.807) is 18.2 Å². The number of hydrogen-bond acceptors (Lipinski definition) is 2. The molecule has 2 nitrogen and oxygen atoms in total. The van der Waals surface area contributed by atoms with Crippen LogP contribution in [0.1, 0.15) is 22.8 Å². The maximum absolute atomic E-state index is 14.0. The van der Waals surface area contributed by atoms with Crippen molar-refractivity contribution in [1.29, 1.82) is 0 Å². The molecule has 1 aliphatic heterocycles. The minimum absolute atomic E-state index is 0.202. The summed E-state index contributed by atoms with van der Waals surface area (Å²) >= 11 is 9.25. The molecule has 1 unspecified atom stereocenters. The van der Waals surface area contributed by atoms with Gasteiger partial charge in [-0.05, 0) is 29.8 Å². The highest BCUT2D eigenvalue weighted by atomic mass is 79.9. The Labute approximate surface area is 129 Å². The normalized spacial score (nSPS) is 14.8. The van der Waals surface area contributed by atoms with Crippen LogP contribution < -0.4 is 4.74 Å². The van der Waals surface area contributed by atoms with Crippen molar-refractivity contribution in [2.75, 3.05) is 6.61 Å². The molecule has 5 heteroatoms. The van der Waals surface area contributed by atoms with Crippen LogP contribution in [0.5, 0.6) is 5.75 Å². The molecule has 104 valence electrons. The Morgan fingerprint density at radius 3 is 2.80 bits per heavy atom. The first kappa shape index (κ1) is 13.9. The van der Waals surface area contributed by atoms with E-state index in [-0.39, 0.29) is 5.56 Å². The zero-order valence-electron chi connectivity index (χ0n) is 10.4. The highest BCUT2D eigenvalue weighted by Crippen LogP contribution is 2.39. The number of aliphatic hydroxyl groups excluding tert-OH is 1. The summed E-state index contributed by atoms with van der Waals surface area (Å²) in [5, 5.41) is 11.0. The fraction of sp³-hybridized carbons (Fsp3) is 0.200. The predicted octanol–water partition coefficient (Wildman–Crippen LogP) is 4.26. The maximum Gasteiger partial charge on any atom is 0.130 e. The van der Waals surface area contributed by atoms with Crippen LogP contribution in [0, 0.1) is 5.82 Å². The van der Waals surface area contributed by atoms with Crippen LogP contribution in [0.3, 0.4) is 0 Å². The van der Waals surface area contributed by atoms with Gasteiger partial charge in [-0.1, -0.05) is 33.6 Å². The number of halogens is 3. The highest BCUT2D eigenvalue weighted by molar-refractivity contribution is 9.10. The molecule has 1 N–H and O–H groups in total. The second-order valence-corrected chi connectivity index (χ2v) is 6.00. The lowest BCUT2D eigenvalue weighted by Crippen LogP contribution is -2.05. The standard InChI is InChI=1S/C15H11BrClFO2/c16-9-1-2-11(13(18)6-9)14(19)12-7-10(17)5-8-3-4-20-15(8)12/h1-2,5-7,14,19H,3-4H2. The molecule has 0 aliphatic carbocycles. The van der Waals surface area contributed by atoms with Gasteiger partial charge in [-0.15, -0.1) is 0 Å². The molecule has 0 spiro atoms. The summed E-state index contributed by atoms with van der Waals surface area (Å²) in [7, 11) is 0. The third kappa shape index (κ3) is 2.43. The third-order valence-electron chi connectivity index (χ3n) is 3.33. The van der Waals surface area contributed by atoms with Crippen LogP contribution in [0.4, 0.5) is 4.39 Å². The molecule has 0 fully saturated rings. The van der Waals surface area contributed by atoms with E-state index in [1.807, 2.05) is 6.07 Å². The zero-order chi connectivity index (χ0) is 14.3. The lowest BCUT2D eigenvalue weighted by molar-refractivity contribution is 0.208. The molecule has 20 heavy (non-hydrogen) atoms. The van der Waals surface area contributed by atoms with Crippen molar-refractivity contribution >= 4 is 27.5 Å². The Balaban J connectivity index is 2.09. The quantitative estimate of drug-likeness (QED) is 0.870. The number of rotatable bonds is 2. The van der Waals surface area contributed by atoms with Crippen LogP contribution in [-0.4, -0.2) is 11.7 Å². The molecule has 1 aliphatic rings. The van der Waals surface area contributed by atoms with Gasteiger partial charge in [0.1, 0.15) is 17.7 Å². The molecule has 1 heterocycles. The van der Waals surface area contributed by atoms with E-state index >= 15 is 0 Å². The Kier molecular flexibility index (Phi) is 3.71. The number of fused-ring (bicyclic) bond motifs is 1. The Morgan fingerprint density at radius 1 is 1.25 bits per heavy atom. The predicted molar refractivity (Wildman–Crippen MR) is 78.8 cm³/mol. The van der Waals surface area contributed by atoms with Crippen LogP contribution in [0.15, 0.2) is 34.8 Å². The molecule has 3 rings (SSSR count). The summed E-state index contributed by atoms with van der Waals surface area (Å²) < 4.78 is 20.1. The summed E-state index contributed by atoms with van der Waals surface area (Å²) in [6.45, 7) is 0.554. The number of hydrogen-bond donors (Lipinski definition) is 1. The Bertz CT molecular complexity index is 675. The maximum atomic E-state index is 14.0. The topological polar surface area (TPSA) is 29.5 Å². The van der Waals surface area contributed by atoms with Gasteiger partial charge in [0.2, 0.25) is 0 Å². The van der Waals surface area contributed by atoms with Crippen LogP contribution in [-0.2, 0) is 6.42 Å². The summed E-state index contributed by atoms with van der Waals surface area (Å²) in [6.07, 6.45) is -0.355. The van der Waals surface area contributed by atoms with Gasteiger partial charge in [-0.25, -0.2) is 4.39 Å². The fourth-order valence-corrected chi connectivity index (χ4v) is 2.97. The van der Waals surface area contributed by atoms with E-state index in [9.17, 15) is 9.50 Å². The Morgan fingerprint density at radius 2 is 2.05 bits per heavy atom. The monoisotopic (exact) mass is 356 g/mol. The SMILES string of the molecule is OC(c1ccc(Br)cc1F)c1cc(Cl)cc2c1OCC2. The van der Waals surface area contributed by atoms with E-state index in [0.717, 1.165) is 12.0 Å². The van der Waals surface area contributed by atoms with Crippen molar-refractivity contribution in [3.05, 3.63) is 62.3 Å². The molecule has 0 radical (unpaired) electrons. The number of aliphatic hydroxyl groups is 1. The molecule has 0 bridgehead atoms. The minimum Gasteiger partial charge on any atom is -0.493 e. The molecule has 2 aromatic rings. The van der Waals surface area contributed by atoms with E-state index in [2.05, 4.69) is 15.9 Å². The Hall–Kier alpha value is -1.10. The fourth-order valence-electron chi connectivity index (χ4n) is 2.39. The molecule has 1 atom stereocenters. The largest absolute Gasteiger partial charge is 0.493 e. The molecule has 2 aromatic carbocycles. The zero-order valence-corrected chi connectivity index (χ0v) is 12.7. The van der Waals surface area contributed by atoms with Gasteiger partial charge < -0.3 is 9.84 Å². The third-order valence-corrected chi connectivity index (χ3v) is 4.04. The summed E-state index contributed by atoms with van der Waals surface area (Å²) in [5.74, 6) is 0.141. The van der Waals surface area contributed by atoms with Crippen molar-refractivity contribution in [2.24, 2.45) is 0 Å². The second-order valence-electron chi connectivity index (χ2n) is 4.65. The van der Waals surface area contributed by atoms with Crippen molar-refractivity contribution in [3.8, 4) is 5.75 Å². The summed E-state index contributed by atoms with van der Waals surface area (Å²) in [6, 6.07) is 8.00. The molecular formula is C15H11BrClFO2. The van der Waals surface area contributed by atoms with Crippen molar-refractivity contribution in [1.82, 2.24) is 0 Å². The van der Waals surface area contributed by atoms with Gasteiger partial charge in [0.15, 0.2) is 0 Å². The number of ether oxygens (including phenoxy) is 1. The molecular weight excluding hydrogens is 347 g/mol. The molecule has 0 aromatic heterocycles. The van der Waals surface area contributed by atoms with Crippen molar-refractivity contribution in [3.63, 3.8) is 0 Å². The summed E-state index contributed by atoms with van der Waals surface area (Å²) in [5.41, 5.74) is 1.66. The lowest BCUT2D eigenvalue weighted by atomic mass is 9.98. The molecule has 0 saturated carbocycles. The van der Waals surface area contributed by atoms with Gasteiger partial charge in [0.25, 0.3) is 0 Å². The molecule has 0 amide bonds. The number of benzene rings is 2. The summed E-state index contributed by atoms with van der Waals surface area (Å²) in [4.78, 5) is 0. The average Bonchev–Trinajstić information content (AvgIpc) is 2.85. The van der Waals surface area contributed by atoms with Gasteiger partial charge in [0, 0.05) is 27.0 Å². The molecule has 0 saturated heterocycles. The van der Waals surface area contributed by atoms with Gasteiger partial charge in [-0.3, -0.25) is 0 Å². The first-order valence-corrected chi connectivity index (χ1v) is 7.31. The van der Waals surface area contributed by atoms with Gasteiger partial charge in [-0.2, -0.15) is 0 Å². The van der Waals surface area contributed by atoms with Crippen LogP contribution in [0.25, 0.3) is 0 Å². The van der Waals surface area contributed by atoms with E-state index in [4.69, 9.17) is 16.3 Å². The minimum atomic E-state index is -1.10. The van der Waals surface area contributed by atoms with Crippen molar-refractivity contribution in [2.45, 2.75) is 12.5 Å². The smallest absolute Gasteiger partial charge is 0.130 e. The van der Waals surface area contributed by atoms with Crippen LogP contribution in [0.2, 0.25) is 5.02 Å². The average molecular weight is 358 g/mol. The first-order chi connectivity index (χ1) is 9.56. The second kappa shape index (κ2) is 5.35. The highest BCUT2D eigenvalue weighted by Gasteiger charge is 2.24. The first-order valence-electron chi connectivity index (χ1n) is 6.14. The van der Waals surface area contributed by atoms with E-state index in [0.29, 0.717) is 27.4 Å². The lowest BCUT2D eigenvalue weighted by Gasteiger charge is -2.16. The van der Waals surface area contributed by atoms with Crippen molar-refractivity contribution < 1.29 is 14.2 Å². The van der Waals surface area contributed by atoms with Crippen LogP contribution >= 0.6 is 27.5 Å². The van der Waals surface area contributed by atoms with E-state index < -0.39 is 11.9 Å².